The Hall–Kier alpha value is -2.37. The van der Waals surface area contributed by atoms with E-state index < -0.39 is 5.97 Å². The van der Waals surface area contributed by atoms with E-state index in [4.69, 9.17) is 9.63 Å². The minimum atomic E-state index is -0.831. The summed E-state index contributed by atoms with van der Waals surface area (Å²) in [5, 5.41) is 12.4. The predicted octanol–water partition coefficient (Wildman–Crippen LogP) is 1.86. The van der Waals surface area contributed by atoms with Crippen LogP contribution in [0.3, 0.4) is 0 Å². The fourth-order valence-electron chi connectivity index (χ4n) is 1.71. The summed E-state index contributed by atoms with van der Waals surface area (Å²) in [6.45, 7) is 2.79. The summed E-state index contributed by atoms with van der Waals surface area (Å²) in [6, 6.07) is 7.87. The smallest absolute Gasteiger partial charge is 0.305 e. The van der Waals surface area contributed by atoms with Crippen LogP contribution >= 0.6 is 0 Å². The Bertz CT molecular complexity index is 523. The molecule has 1 heterocycles. The molecule has 0 aliphatic carbocycles. The van der Waals surface area contributed by atoms with Crippen molar-refractivity contribution in [1.29, 1.82) is 0 Å². The third-order valence-corrected chi connectivity index (χ3v) is 2.73. The van der Waals surface area contributed by atoms with Gasteiger partial charge in [-0.2, -0.15) is 4.98 Å². The highest BCUT2D eigenvalue weighted by molar-refractivity contribution is 5.67. The second-order valence-electron chi connectivity index (χ2n) is 4.24. The van der Waals surface area contributed by atoms with E-state index in [9.17, 15) is 4.79 Å². The first-order valence-corrected chi connectivity index (χ1v) is 5.94. The molecule has 1 N–H and O–H groups in total. The summed E-state index contributed by atoms with van der Waals surface area (Å²) in [5.41, 5.74) is 2.09. The van der Waals surface area contributed by atoms with Crippen LogP contribution < -0.4 is 4.90 Å². The van der Waals surface area contributed by atoms with Crippen LogP contribution in [0.1, 0.15) is 17.9 Å². The van der Waals surface area contributed by atoms with Crippen molar-refractivity contribution in [2.45, 2.75) is 19.9 Å². The van der Waals surface area contributed by atoms with Crippen LogP contribution in [0.5, 0.6) is 0 Å². The van der Waals surface area contributed by atoms with Crippen LogP contribution in [-0.2, 0) is 11.3 Å². The average Bonchev–Trinajstić information content (AvgIpc) is 2.88. The number of hydrogen-bond donors (Lipinski definition) is 1. The van der Waals surface area contributed by atoms with Gasteiger partial charge in [0, 0.05) is 12.2 Å². The quantitative estimate of drug-likeness (QED) is 0.855. The van der Waals surface area contributed by atoms with Crippen molar-refractivity contribution in [3.05, 3.63) is 42.0 Å². The summed E-state index contributed by atoms with van der Waals surface area (Å²) < 4.78 is 4.97. The first-order valence-electron chi connectivity index (χ1n) is 5.94. The molecule has 0 saturated carbocycles. The second-order valence-corrected chi connectivity index (χ2v) is 4.24. The minimum absolute atomic E-state index is 0.0576. The van der Waals surface area contributed by atoms with Gasteiger partial charge in [0.05, 0.1) is 13.0 Å². The fraction of sp³-hybridized carbons (Fsp3) is 0.308. The van der Waals surface area contributed by atoms with Crippen LogP contribution in [0.15, 0.2) is 35.1 Å². The molecule has 0 amide bonds. The number of aryl methyl sites for hydroxylation is 1. The highest BCUT2D eigenvalue weighted by atomic mass is 16.5. The van der Waals surface area contributed by atoms with Crippen LogP contribution in [0.25, 0.3) is 0 Å². The van der Waals surface area contributed by atoms with Crippen molar-refractivity contribution < 1.29 is 14.4 Å². The zero-order valence-electron chi connectivity index (χ0n) is 10.6. The summed E-state index contributed by atoms with van der Waals surface area (Å²) in [7, 11) is 0. The lowest BCUT2D eigenvalue weighted by Gasteiger charge is -2.22. The lowest BCUT2D eigenvalue weighted by atomic mass is 10.2. The van der Waals surface area contributed by atoms with E-state index in [0.717, 1.165) is 11.3 Å². The molecule has 0 bridgehead atoms. The van der Waals surface area contributed by atoms with Crippen molar-refractivity contribution in [2.75, 3.05) is 11.4 Å². The molecule has 0 aliphatic heterocycles. The van der Waals surface area contributed by atoms with Crippen LogP contribution in [0, 0.1) is 6.92 Å². The zero-order chi connectivity index (χ0) is 13.7. The molecule has 1 aromatic heterocycles. The lowest BCUT2D eigenvalue weighted by molar-refractivity contribution is -0.136. The van der Waals surface area contributed by atoms with Gasteiger partial charge in [-0.1, -0.05) is 22.9 Å². The molecule has 0 atom stereocenters. The molecule has 0 unspecified atom stereocenters. The van der Waals surface area contributed by atoms with Gasteiger partial charge in [-0.3, -0.25) is 4.79 Å². The van der Waals surface area contributed by atoms with E-state index in [2.05, 4.69) is 10.1 Å². The van der Waals surface area contributed by atoms with Crippen LogP contribution in [0.4, 0.5) is 5.69 Å². The average molecular weight is 261 g/mol. The van der Waals surface area contributed by atoms with Gasteiger partial charge in [-0.25, -0.2) is 0 Å². The van der Waals surface area contributed by atoms with Crippen molar-refractivity contribution >= 4 is 11.7 Å². The summed E-state index contributed by atoms with van der Waals surface area (Å²) in [5.74, 6) is -0.367. The molecule has 19 heavy (non-hydrogen) atoms. The highest BCUT2D eigenvalue weighted by Crippen LogP contribution is 2.17. The summed E-state index contributed by atoms with van der Waals surface area (Å²) >= 11 is 0. The molecule has 0 radical (unpaired) electrons. The highest BCUT2D eigenvalue weighted by Gasteiger charge is 2.12. The van der Waals surface area contributed by atoms with Gasteiger partial charge in [-0.05, 0) is 19.1 Å². The van der Waals surface area contributed by atoms with Gasteiger partial charge >= 0.3 is 5.97 Å². The molecular formula is C13H15N3O3. The third kappa shape index (κ3) is 3.80. The summed E-state index contributed by atoms with van der Waals surface area (Å²) in [6.07, 6.45) is 1.39. The number of carboxylic acids is 1. The molecule has 1 aromatic carbocycles. The zero-order valence-corrected chi connectivity index (χ0v) is 10.6. The van der Waals surface area contributed by atoms with Crippen LogP contribution in [-0.4, -0.2) is 27.8 Å². The molecule has 0 spiro atoms. The predicted molar refractivity (Wildman–Crippen MR) is 68.8 cm³/mol. The SMILES string of the molecule is Cc1ccc(N(CCC(=O)O)Cc2ncno2)cc1. The molecule has 6 nitrogen and oxygen atoms in total. The van der Waals surface area contributed by atoms with Crippen molar-refractivity contribution in [3.8, 4) is 0 Å². The van der Waals surface area contributed by atoms with E-state index in [-0.39, 0.29) is 6.42 Å². The first kappa shape index (κ1) is 13.1. The minimum Gasteiger partial charge on any atom is -0.481 e. The number of anilines is 1. The first-order chi connectivity index (χ1) is 9.15. The third-order valence-electron chi connectivity index (χ3n) is 2.73. The Morgan fingerprint density at radius 1 is 1.37 bits per heavy atom. The number of benzene rings is 1. The maximum Gasteiger partial charge on any atom is 0.305 e. The molecule has 0 aliphatic rings. The lowest BCUT2D eigenvalue weighted by Crippen LogP contribution is -2.25. The Balaban J connectivity index is 2.13. The largest absolute Gasteiger partial charge is 0.481 e. The van der Waals surface area contributed by atoms with Crippen LogP contribution in [0.2, 0.25) is 0 Å². The number of nitrogens with zero attached hydrogens (tertiary/aromatic N) is 3. The second kappa shape index (κ2) is 5.99. The molecule has 0 fully saturated rings. The Labute approximate surface area is 110 Å². The number of rotatable bonds is 6. The Kier molecular flexibility index (Phi) is 4.12. The molecule has 6 heteroatoms. The van der Waals surface area contributed by atoms with E-state index in [0.29, 0.717) is 19.0 Å². The Morgan fingerprint density at radius 2 is 2.11 bits per heavy atom. The molecule has 0 saturated heterocycles. The monoisotopic (exact) mass is 261 g/mol. The number of carbonyl (C=O) groups is 1. The maximum atomic E-state index is 10.7. The van der Waals surface area contributed by atoms with Gasteiger partial charge in [0.15, 0.2) is 6.33 Å². The number of carboxylic acid groups (broad SMARTS) is 1. The number of aromatic nitrogens is 2. The summed E-state index contributed by atoms with van der Waals surface area (Å²) in [4.78, 5) is 16.6. The fourth-order valence-corrected chi connectivity index (χ4v) is 1.71. The van der Waals surface area contributed by atoms with Gasteiger partial charge < -0.3 is 14.5 Å². The topological polar surface area (TPSA) is 79.5 Å². The molecular weight excluding hydrogens is 246 g/mol. The van der Waals surface area contributed by atoms with Crippen molar-refractivity contribution in [3.63, 3.8) is 0 Å². The van der Waals surface area contributed by atoms with E-state index in [1.54, 1.807) is 0 Å². The normalized spacial score (nSPS) is 10.4. The van der Waals surface area contributed by atoms with E-state index in [1.165, 1.54) is 6.33 Å². The van der Waals surface area contributed by atoms with E-state index >= 15 is 0 Å². The molecule has 100 valence electrons. The van der Waals surface area contributed by atoms with Crippen molar-refractivity contribution in [2.24, 2.45) is 0 Å². The number of hydrogen-bond acceptors (Lipinski definition) is 5. The molecule has 2 rings (SSSR count). The van der Waals surface area contributed by atoms with Gasteiger partial charge in [-0.15, -0.1) is 0 Å². The Morgan fingerprint density at radius 3 is 2.68 bits per heavy atom. The van der Waals surface area contributed by atoms with Gasteiger partial charge in [0.1, 0.15) is 0 Å². The number of aliphatic carboxylic acids is 1. The van der Waals surface area contributed by atoms with Crippen molar-refractivity contribution in [1.82, 2.24) is 10.1 Å². The van der Waals surface area contributed by atoms with Gasteiger partial charge in [0.25, 0.3) is 0 Å². The standard InChI is InChI=1S/C13H15N3O3/c1-10-2-4-11(5-3-10)16(7-6-13(17)18)8-12-14-9-15-19-12/h2-5,9H,6-8H2,1H3,(H,17,18). The maximum absolute atomic E-state index is 10.7. The van der Waals surface area contributed by atoms with Gasteiger partial charge in [0.2, 0.25) is 5.89 Å². The van der Waals surface area contributed by atoms with E-state index in [1.807, 2.05) is 36.1 Å². The molecule has 2 aromatic rings.